The SMILES string of the molecule is C=CCC(NC(=O)OCC1c2ccccc2-c2ccccc21)C(=O)NC1CCC(CC(=O)O)C1. The van der Waals surface area contributed by atoms with Gasteiger partial charge in [0.2, 0.25) is 5.91 Å². The minimum absolute atomic E-state index is 0.0607. The van der Waals surface area contributed by atoms with Crippen LogP contribution in [0.3, 0.4) is 0 Å². The summed E-state index contributed by atoms with van der Waals surface area (Å²) in [5.74, 6) is -1.13. The lowest BCUT2D eigenvalue weighted by Gasteiger charge is -2.21. The Kier molecular flexibility index (Phi) is 7.30. The summed E-state index contributed by atoms with van der Waals surface area (Å²) in [4.78, 5) is 36.3. The fraction of sp³-hybridized carbons (Fsp3) is 0.370. The van der Waals surface area contributed by atoms with Gasteiger partial charge in [0.25, 0.3) is 0 Å². The smallest absolute Gasteiger partial charge is 0.407 e. The fourth-order valence-corrected chi connectivity index (χ4v) is 5.12. The number of hydrogen-bond donors (Lipinski definition) is 3. The van der Waals surface area contributed by atoms with Crippen LogP contribution in [0.4, 0.5) is 4.79 Å². The quantitative estimate of drug-likeness (QED) is 0.484. The number of rotatable bonds is 9. The first-order chi connectivity index (χ1) is 16.5. The number of nitrogens with one attached hydrogen (secondary N) is 2. The molecule has 0 saturated heterocycles. The topological polar surface area (TPSA) is 105 Å². The molecule has 7 heteroatoms. The number of carboxylic acids is 1. The van der Waals surface area contributed by atoms with Gasteiger partial charge in [0.15, 0.2) is 0 Å². The predicted molar refractivity (Wildman–Crippen MR) is 128 cm³/mol. The van der Waals surface area contributed by atoms with Gasteiger partial charge in [0.05, 0.1) is 0 Å². The van der Waals surface area contributed by atoms with E-state index in [9.17, 15) is 14.4 Å². The van der Waals surface area contributed by atoms with E-state index in [2.05, 4.69) is 41.5 Å². The Balaban J connectivity index is 1.33. The Hall–Kier alpha value is -3.61. The molecule has 1 fully saturated rings. The molecule has 0 heterocycles. The summed E-state index contributed by atoms with van der Waals surface area (Å²) < 4.78 is 5.57. The molecule has 34 heavy (non-hydrogen) atoms. The number of ether oxygens (including phenoxy) is 1. The van der Waals surface area contributed by atoms with Crippen LogP contribution in [0.5, 0.6) is 0 Å². The Morgan fingerprint density at radius 1 is 1.06 bits per heavy atom. The molecule has 2 aromatic carbocycles. The minimum atomic E-state index is -0.821. The summed E-state index contributed by atoms with van der Waals surface area (Å²) >= 11 is 0. The van der Waals surface area contributed by atoms with Gasteiger partial charge in [-0.1, -0.05) is 54.6 Å². The van der Waals surface area contributed by atoms with E-state index in [-0.39, 0.29) is 43.2 Å². The van der Waals surface area contributed by atoms with E-state index in [4.69, 9.17) is 9.84 Å². The first-order valence-corrected chi connectivity index (χ1v) is 11.7. The zero-order valence-electron chi connectivity index (χ0n) is 19.0. The number of fused-ring (bicyclic) bond motifs is 3. The van der Waals surface area contributed by atoms with Gasteiger partial charge in [0.1, 0.15) is 12.6 Å². The van der Waals surface area contributed by atoms with Crippen molar-refractivity contribution in [2.24, 2.45) is 5.92 Å². The molecule has 2 aromatic rings. The van der Waals surface area contributed by atoms with Crippen LogP contribution in [0, 0.1) is 5.92 Å². The number of benzene rings is 2. The minimum Gasteiger partial charge on any atom is -0.481 e. The van der Waals surface area contributed by atoms with E-state index < -0.39 is 18.1 Å². The summed E-state index contributed by atoms with van der Waals surface area (Å²) in [5.41, 5.74) is 4.53. The predicted octanol–water partition coefficient (Wildman–Crippen LogP) is 4.23. The van der Waals surface area contributed by atoms with E-state index >= 15 is 0 Å². The third kappa shape index (κ3) is 5.30. The maximum atomic E-state index is 12.8. The molecule has 2 amide bonds. The Morgan fingerprint density at radius 2 is 1.71 bits per heavy atom. The fourth-order valence-electron chi connectivity index (χ4n) is 5.12. The number of hydrogen-bond acceptors (Lipinski definition) is 4. The molecule has 3 N–H and O–H groups in total. The number of alkyl carbamates (subject to hydrolysis) is 1. The maximum Gasteiger partial charge on any atom is 0.407 e. The van der Waals surface area contributed by atoms with E-state index in [1.807, 2.05) is 24.3 Å². The largest absolute Gasteiger partial charge is 0.481 e. The summed E-state index contributed by atoms with van der Waals surface area (Å²) in [6.45, 7) is 3.86. The van der Waals surface area contributed by atoms with Crippen molar-refractivity contribution in [1.29, 1.82) is 0 Å². The van der Waals surface area contributed by atoms with Crippen molar-refractivity contribution in [1.82, 2.24) is 10.6 Å². The lowest BCUT2D eigenvalue weighted by molar-refractivity contribution is -0.138. The molecule has 2 aliphatic rings. The van der Waals surface area contributed by atoms with Gasteiger partial charge in [-0.25, -0.2) is 4.79 Å². The number of carbonyl (C=O) groups is 3. The lowest BCUT2D eigenvalue weighted by Crippen LogP contribution is -2.49. The van der Waals surface area contributed by atoms with Crippen molar-refractivity contribution >= 4 is 18.0 Å². The van der Waals surface area contributed by atoms with Gasteiger partial charge in [-0.05, 0) is 53.9 Å². The summed E-state index contributed by atoms with van der Waals surface area (Å²) in [6, 6.07) is 15.3. The zero-order chi connectivity index (χ0) is 24.1. The van der Waals surface area contributed by atoms with E-state index in [0.29, 0.717) is 6.42 Å². The lowest BCUT2D eigenvalue weighted by atomic mass is 9.98. The third-order valence-electron chi connectivity index (χ3n) is 6.71. The second kappa shape index (κ2) is 10.5. The number of carboxylic acid groups (broad SMARTS) is 1. The van der Waals surface area contributed by atoms with Crippen LogP contribution in [0.1, 0.15) is 49.1 Å². The average molecular weight is 463 g/mol. The molecule has 1 saturated carbocycles. The standard InChI is InChI=1S/C27H30N2O5/c1-2-7-24(26(32)28-18-13-12-17(14-18)15-25(30)31)29-27(33)34-16-23-21-10-5-3-8-19(21)20-9-4-6-11-22(20)23/h2-6,8-11,17-18,23-24H,1,7,12-16H2,(H,28,32)(H,29,33)(H,30,31). The highest BCUT2D eigenvalue weighted by atomic mass is 16.5. The van der Waals surface area contributed by atoms with Gasteiger partial charge in [-0.15, -0.1) is 6.58 Å². The van der Waals surface area contributed by atoms with E-state index in [1.165, 1.54) is 0 Å². The van der Waals surface area contributed by atoms with Crippen LogP contribution in [-0.2, 0) is 14.3 Å². The van der Waals surface area contributed by atoms with Crippen molar-refractivity contribution < 1.29 is 24.2 Å². The molecule has 3 atom stereocenters. The van der Waals surface area contributed by atoms with Crippen LogP contribution < -0.4 is 10.6 Å². The summed E-state index contributed by atoms with van der Waals surface area (Å²) in [6.07, 6.45) is 3.43. The first-order valence-electron chi connectivity index (χ1n) is 11.7. The molecule has 0 aromatic heterocycles. The molecule has 0 aliphatic heterocycles. The van der Waals surface area contributed by atoms with Crippen LogP contribution in [0.15, 0.2) is 61.2 Å². The van der Waals surface area contributed by atoms with Gasteiger partial charge in [-0.3, -0.25) is 9.59 Å². The normalized spacial score (nSPS) is 19.5. The van der Waals surface area contributed by atoms with Gasteiger partial charge in [0, 0.05) is 18.4 Å². The summed E-state index contributed by atoms with van der Waals surface area (Å²) in [7, 11) is 0. The second-order valence-corrected chi connectivity index (χ2v) is 9.03. The maximum absolute atomic E-state index is 12.8. The van der Waals surface area contributed by atoms with Crippen molar-refractivity contribution in [3.8, 4) is 11.1 Å². The highest BCUT2D eigenvalue weighted by Crippen LogP contribution is 2.44. The van der Waals surface area contributed by atoms with Crippen LogP contribution in [0.25, 0.3) is 11.1 Å². The molecule has 0 radical (unpaired) electrons. The highest BCUT2D eigenvalue weighted by molar-refractivity contribution is 5.86. The Labute approximate surface area is 199 Å². The van der Waals surface area contributed by atoms with Crippen molar-refractivity contribution in [3.63, 3.8) is 0 Å². The molecule has 0 spiro atoms. The third-order valence-corrected chi connectivity index (χ3v) is 6.71. The molecule has 2 aliphatic carbocycles. The molecule has 178 valence electrons. The Bertz CT molecular complexity index is 1040. The van der Waals surface area contributed by atoms with Gasteiger partial charge >= 0.3 is 12.1 Å². The molecule has 7 nitrogen and oxygen atoms in total. The number of carbonyl (C=O) groups excluding carboxylic acids is 2. The van der Waals surface area contributed by atoms with Gasteiger partial charge in [-0.2, -0.15) is 0 Å². The van der Waals surface area contributed by atoms with Crippen LogP contribution in [-0.4, -0.2) is 41.8 Å². The number of aliphatic carboxylic acids is 1. The molecular weight excluding hydrogens is 432 g/mol. The zero-order valence-corrected chi connectivity index (χ0v) is 19.0. The number of amides is 2. The average Bonchev–Trinajstić information content (AvgIpc) is 3.38. The summed E-state index contributed by atoms with van der Waals surface area (Å²) in [5, 5.41) is 14.6. The van der Waals surface area contributed by atoms with E-state index in [0.717, 1.165) is 35.1 Å². The highest BCUT2D eigenvalue weighted by Gasteiger charge is 2.31. The molecular formula is C27H30N2O5. The second-order valence-electron chi connectivity index (χ2n) is 9.03. The van der Waals surface area contributed by atoms with Crippen molar-refractivity contribution in [3.05, 3.63) is 72.3 Å². The van der Waals surface area contributed by atoms with Crippen LogP contribution in [0.2, 0.25) is 0 Å². The van der Waals surface area contributed by atoms with Crippen molar-refractivity contribution in [2.45, 2.75) is 50.1 Å². The van der Waals surface area contributed by atoms with Gasteiger partial charge < -0.3 is 20.5 Å². The Morgan fingerprint density at radius 3 is 2.32 bits per heavy atom. The first kappa shape index (κ1) is 23.5. The molecule has 4 rings (SSSR count). The van der Waals surface area contributed by atoms with E-state index in [1.54, 1.807) is 6.08 Å². The van der Waals surface area contributed by atoms with Crippen LogP contribution >= 0.6 is 0 Å². The monoisotopic (exact) mass is 462 g/mol. The molecule has 0 bridgehead atoms. The van der Waals surface area contributed by atoms with Crippen molar-refractivity contribution in [2.75, 3.05) is 6.61 Å². The molecule has 3 unspecified atom stereocenters.